The normalized spacial score (nSPS) is 11.3. The Hall–Kier alpha value is -2.43. The van der Waals surface area contributed by atoms with E-state index in [0.29, 0.717) is 6.54 Å². The van der Waals surface area contributed by atoms with Crippen molar-refractivity contribution in [2.24, 2.45) is 4.99 Å². The van der Waals surface area contributed by atoms with Crippen molar-refractivity contribution in [1.82, 2.24) is 15.6 Å². The first-order chi connectivity index (χ1) is 11.2. The van der Waals surface area contributed by atoms with Crippen molar-refractivity contribution in [3.63, 3.8) is 0 Å². The monoisotopic (exact) mass is 314 g/mol. The van der Waals surface area contributed by atoms with Crippen molar-refractivity contribution < 1.29 is 4.39 Å². The molecule has 1 heterocycles. The Bertz CT molecular complexity index is 655. The first kappa shape index (κ1) is 16.9. The molecular weight excluding hydrogens is 291 g/mol. The van der Waals surface area contributed by atoms with Gasteiger partial charge in [0.05, 0.1) is 0 Å². The van der Waals surface area contributed by atoms with E-state index in [-0.39, 0.29) is 5.82 Å². The second-order valence-electron chi connectivity index (χ2n) is 5.36. The largest absolute Gasteiger partial charge is 0.356 e. The number of hydrogen-bond donors (Lipinski definition) is 2. The summed E-state index contributed by atoms with van der Waals surface area (Å²) in [6.45, 7) is 3.57. The smallest absolute Gasteiger partial charge is 0.190 e. The van der Waals surface area contributed by atoms with Crippen LogP contribution in [0.3, 0.4) is 0 Å². The van der Waals surface area contributed by atoms with E-state index in [1.54, 1.807) is 19.2 Å². The van der Waals surface area contributed by atoms with Crippen molar-refractivity contribution in [3.05, 3.63) is 65.2 Å². The second kappa shape index (κ2) is 8.88. The summed E-state index contributed by atoms with van der Waals surface area (Å²) >= 11 is 0. The summed E-state index contributed by atoms with van der Waals surface area (Å²) < 4.78 is 13.1. The van der Waals surface area contributed by atoms with E-state index < -0.39 is 0 Å². The van der Waals surface area contributed by atoms with Gasteiger partial charge in [-0.05, 0) is 54.7 Å². The minimum atomic E-state index is -0.197. The molecule has 0 unspecified atom stereocenters. The minimum Gasteiger partial charge on any atom is -0.356 e. The Morgan fingerprint density at radius 2 is 1.96 bits per heavy atom. The zero-order valence-corrected chi connectivity index (χ0v) is 13.6. The van der Waals surface area contributed by atoms with E-state index in [0.717, 1.165) is 30.9 Å². The molecule has 4 nitrogen and oxygen atoms in total. The number of pyridine rings is 1. The number of nitrogens with zero attached hydrogens (tertiary/aromatic N) is 2. The molecule has 2 rings (SSSR count). The zero-order valence-electron chi connectivity index (χ0n) is 13.6. The summed E-state index contributed by atoms with van der Waals surface area (Å²) in [5.74, 6) is 0.561. The molecule has 0 amide bonds. The number of aryl methyl sites for hydroxylation is 1. The SMILES string of the molecule is CN=C(NCCc1cccc(F)c1)NCCc1ccncc1C. The first-order valence-electron chi connectivity index (χ1n) is 7.77. The van der Waals surface area contributed by atoms with Crippen LogP contribution in [0.4, 0.5) is 4.39 Å². The lowest BCUT2D eigenvalue weighted by molar-refractivity contribution is 0.625. The van der Waals surface area contributed by atoms with Crippen LogP contribution in [0.25, 0.3) is 0 Å². The molecule has 0 aliphatic rings. The molecule has 23 heavy (non-hydrogen) atoms. The molecule has 0 fully saturated rings. The van der Waals surface area contributed by atoms with Crippen LogP contribution < -0.4 is 10.6 Å². The van der Waals surface area contributed by atoms with Crippen LogP contribution in [0.15, 0.2) is 47.7 Å². The standard InChI is InChI=1S/C18H23FN4/c1-14-13-21-9-7-16(14)8-11-23-18(20-2)22-10-6-15-4-3-5-17(19)12-15/h3-5,7,9,12-13H,6,8,10-11H2,1-2H3,(H2,20,22,23). The maximum atomic E-state index is 13.1. The topological polar surface area (TPSA) is 49.3 Å². The Balaban J connectivity index is 1.72. The number of benzene rings is 1. The van der Waals surface area contributed by atoms with E-state index in [1.165, 1.54) is 17.2 Å². The maximum Gasteiger partial charge on any atom is 0.190 e. The molecule has 122 valence electrons. The Morgan fingerprint density at radius 1 is 1.17 bits per heavy atom. The van der Waals surface area contributed by atoms with Crippen LogP contribution in [-0.2, 0) is 12.8 Å². The third-order valence-electron chi connectivity index (χ3n) is 3.64. The zero-order chi connectivity index (χ0) is 16.5. The molecule has 5 heteroatoms. The Labute approximate surface area is 136 Å². The lowest BCUT2D eigenvalue weighted by atomic mass is 10.1. The Kier molecular flexibility index (Phi) is 6.54. The fraction of sp³-hybridized carbons (Fsp3) is 0.333. The summed E-state index contributed by atoms with van der Waals surface area (Å²) in [6.07, 6.45) is 5.36. The van der Waals surface area contributed by atoms with Crippen LogP contribution in [0, 0.1) is 12.7 Å². The minimum absolute atomic E-state index is 0.197. The van der Waals surface area contributed by atoms with Crippen LogP contribution in [0.2, 0.25) is 0 Å². The molecule has 0 atom stereocenters. The molecule has 0 bridgehead atoms. The number of nitrogens with one attached hydrogen (secondary N) is 2. The molecule has 1 aromatic heterocycles. The van der Waals surface area contributed by atoms with E-state index in [1.807, 2.05) is 24.5 Å². The highest BCUT2D eigenvalue weighted by molar-refractivity contribution is 5.79. The molecule has 0 spiro atoms. The second-order valence-corrected chi connectivity index (χ2v) is 5.36. The van der Waals surface area contributed by atoms with Gasteiger partial charge in [0.1, 0.15) is 5.82 Å². The summed E-state index contributed by atoms with van der Waals surface area (Å²) in [7, 11) is 1.75. The lowest BCUT2D eigenvalue weighted by Gasteiger charge is -2.12. The molecule has 2 aromatic rings. The van der Waals surface area contributed by atoms with Gasteiger partial charge in [0.25, 0.3) is 0 Å². The van der Waals surface area contributed by atoms with Gasteiger partial charge in [-0.25, -0.2) is 4.39 Å². The molecule has 1 aromatic carbocycles. The molecular formula is C18H23FN4. The highest BCUT2D eigenvalue weighted by atomic mass is 19.1. The van der Waals surface area contributed by atoms with Crippen molar-refractivity contribution in [2.75, 3.05) is 20.1 Å². The van der Waals surface area contributed by atoms with Gasteiger partial charge in [-0.2, -0.15) is 0 Å². The van der Waals surface area contributed by atoms with Crippen molar-refractivity contribution in [2.45, 2.75) is 19.8 Å². The van der Waals surface area contributed by atoms with Gasteiger partial charge in [-0.15, -0.1) is 0 Å². The van der Waals surface area contributed by atoms with Crippen LogP contribution >= 0.6 is 0 Å². The average molecular weight is 314 g/mol. The van der Waals surface area contributed by atoms with Gasteiger partial charge in [0.15, 0.2) is 5.96 Å². The van der Waals surface area contributed by atoms with Crippen molar-refractivity contribution in [3.8, 4) is 0 Å². The molecule has 0 radical (unpaired) electrons. The fourth-order valence-electron chi connectivity index (χ4n) is 2.34. The molecule has 0 aliphatic carbocycles. The van der Waals surface area contributed by atoms with Gasteiger partial charge in [-0.1, -0.05) is 12.1 Å². The van der Waals surface area contributed by atoms with Gasteiger partial charge >= 0.3 is 0 Å². The average Bonchev–Trinajstić information content (AvgIpc) is 2.55. The van der Waals surface area contributed by atoms with E-state index in [9.17, 15) is 4.39 Å². The molecule has 0 aliphatic heterocycles. The predicted octanol–water partition coefficient (Wildman–Crippen LogP) is 2.48. The fourth-order valence-corrected chi connectivity index (χ4v) is 2.34. The molecule has 0 saturated heterocycles. The van der Waals surface area contributed by atoms with Gasteiger partial charge in [0, 0.05) is 32.5 Å². The lowest BCUT2D eigenvalue weighted by Crippen LogP contribution is -2.39. The number of hydrogen-bond acceptors (Lipinski definition) is 2. The Morgan fingerprint density at radius 3 is 2.65 bits per heavy atom. The number of halogens is 1. The maximum absolute atomic E-state index is 13.1. The number of aliphatic imine (C=N–C) groups is 1. The van der Waals surface area contributed by atoms with Crippen LogP contribution in [-0.4, -0.2) is 31.1 Å². The van der Waals surface area contributed by atoms with Gasteiger partial charge in [0.2, 0.25) is 0 Å². The summed E-state index contributed by atoms with van der Waals surface area (Å²) in [4.78, 5) is 8.29. The summed E-state index contributed by atoms with van der Waals surface area (Å²) in [5, 5.41) is 6.53. The van der Waals surface area contributed by atoms with E-state index in [4.69, 9.17) is 0 Å². The van der Waals surface area contributed by atoms with E-state index >= 15 is 0 Å². The van der Waals surface area contributed by atoms with E-state index in [2.05, 4.69) is 27.5 Å². The predicted molar refractivity (Wildman–Crippen MR) is 92.1 cm³/mol. The van der Waals surface area contributed by atoms with Crippen molar-refractivity contribution in [1.29, 1.82) is 0 Å². The molecule has 0 saturated carbocycles. The number of aromatic nitrogens is 1. The summed E-state index contributed by atoms with van der Waals surface area (Å²) in [6, 6.07) is 8.71. The summed E-state index contributed by atoms with van der Waals surface area (Å²) in [5.41, 5.74) is 3.45. The van der Waals surface area contributed by atoms with Crippen LogP contribution in [0.1, 0.15) is 16.7 Å². The van der Waals surface area contributed by atoms with Crippen LogP contribution in [0.5, 0.6) is 0 Å². The van der Waals surface area contributed by atoms with Gasteiger partial charge < -0.3 is 10.6 Å². The third-order valence-corrected chi connectivity index (χ3v) is 3.64. The highest BCUT2D eigenvalue weighted by Crippen LogP contribution is 2.05. The highest BCUT2D eigenvalue weighted by Gasteiger charge is 2.01. The number of rotatable bonds is 6. The third kappa shape index (κ3) is 5.70. The molecule has 2 N–H and O–H groups in total. The first-order valence-corrected chi connectivity index (χ1v) is 7.77. The van der Waals surface area contributed by atoms with Gasteiger partial charge in [-0.3, -0.25) is 9.98 Å². The van der Waals surface area contributed by atoms with Crippen molar-refractivity contribution >= 4 is 5.96 Å². The quantitative estimate of drug-likeness (QED) is 0.636. The number of guanidine groups is 1.